The third-order valence-electron chi connectivity index (χ3n) is 2.63. The summed E-state index contributed by atoms with van der Waals surface area (Å²) in [5, 5.41) is 12.1. The van der Waals surface area contributed by atoms with E-state index in [2.05, 4.69) is 5.32 Å². The Morgan fingerprint density at radius 3 is 2.31 bits per heavy atom. The minimum atomic E-state index is -0.362. The van der Waals surface area contributed by atoms with Gasteiger partial charge < -0.3 is 16.2 Å². The first-order chi connectivity index (χ1) is 6.10. The van der Waals surface area contributed by atoms with Gasteiger partial charge in [0, 0.05) is 18.6 Å². The predicted molar refractivity (Wildman–Crippen MR) is 52.2 cm³/mol. The van der Waals surface area contributed by atoms with E-state index in [1.165, 1.54) is 0 Å². The Kier molecular flexibility index (Phi) is 5.66. The maximum atomic E-state index is 10.4. The molecule has 0 radical (unpaired) electrons. The van der Waals surface area contributed by atoms with Crippen LogP contribution in [0.4, 0.5) is 0 Å². The van der Waals surface area contributed by atoms with Crippen LogP contribution in [0.25, 0.3) is 0 Å². The van der Waals surface area contributed by atoms with Crippen molar-refractivity contribution in [2.45, 2.75) is 26.7 Å². The zero-order valence-electron chi connectivity index (χ0n) is 8.47. The lowest BCUT2D eigenvalue weighted by atomic mass is 9.83. The minimum absolute atomic E-state index is 0.102. The van der Waals surface area contributed by atoms with Gasteiger partial charge in [-0.3, -0.25) is 4.79 Å². The first-order valence-electron chi connectivity index (χ1n) is 4.70. The lowest BCUT2D eigenvalue weighted by Crippen LogP contribution is -2.40. The van der Waals surface area contributed by atoms with Crippen molar-refractivity contribution in [3.05, 3.63) is 0 Å². The number of rotatable bonds is 7. The van der Waals surface area contributed by atoms with Crippen molar-refractivity contribution in [1.29, 1.82) is 0 Å². The van der Waals surface area contributed by atoms with E-state index in [1.807, 2.05) is 13.8 Å². The molecule has 78 valence electrons. The summed E-state index contributed by atoms with van der Waals surface area (Å²) < 4.78 is 0. The summed E-state index contributed by atoms with van der Waals surface area (Å²) >= 11 is 0. The molecule has 0 aliphatic heterocycles. The van der Waals surface area contributed by atoms with Crippen LogP contribution in [0.1, 0.15) is 26.7 Å². The van der Waals surface area contributed by atoms with Gasteiger partial charge in [0.2, 0.25) is 5.91 Å². The first-order valence-corrected chi connectivity index (χ1v) is 4.70. The van der Waals surface area contributed by atoms with Gasteiger partial charge in [0.25, 0.3) is 0 Å². The van der Waals surface area contributed by atoms with E-state index in [9.17, 15) is 9.90 Å². The Morgan fingerprint density at radius 1 is 1.46 bits per heavy atom. The van der Waals surface area contributed by atoms with Gasteiger partial charge in [-0.25, -0.2) is 0 Å². The van der Waals surface area contributed by atoms with Crippen molar-refractivity contribution in [2.24, 2.45) is 11.1 Å². The molecule has 0 aromatic carbocycles. The molecule has 0 spiro atoms. The van der Waals surface area contributed by atoms with Gasteiger partial charge in [0.1, 0.15) is 0 Å². The van der Waals surface area contributed by atoms with Gasteiger partial charge in [-0.15, -0.1) is 0 Å². The molecule has 0 fully saturated rings. The molecule has 0 saturated heterocycles. The number of hydrogen-bond donors (Lipinski definition) is 3. The van der Waals surface area contributed by atoms with Crippen molar-refractivity contribution in [3.63, 3.8) is 0 Å². The van der Waals surface area contributed by atoms with Crippen molar-refractivity contribution >= 4 is 5.91 Å². The standard InChI is InChI=1S/C9H20N2O2/c1-3-9(4-2,7-12)6-11-5-8(10)13/h11-12H,3-7H2,1-2H3,(H2,10,13). The lowest BCUT2D eigenvalue weighted by molar-refractivity contribution is -0.117. The fraction of sp³-hybridized carbons (Fsp3) is 0.889. The number of amides is 1. The number of nitrogens with one attached hydrogen (secondary N) is 1. The molecule has 13 heavy (non-hydrogen) atoms. The second-order valence-electron chi connectivity index (χ2n) is 3.44. The van der Waals surface area contributed by atoms with Crippen LogP contribution in [0, 0.1) is 5.41 Å². The summed E-state index contributed by atoms with van der Waals surface area (Å²) in [6.07, 6.45) is 1.79. The summed E-state index contributed by atoms with van der Waals surface area (Å²) in [5.74, 6) is -0.362. The highest BCUT2D eigenvalue weighted by Crippen LogP contribution is 2.23. The monoisotopic (exact) mass is 188 g/mol. The van der Waals surface area contributed by atoms with E-state index in [0.717, 1.165) is 12.8 Å². The highest BCUT2D eigenvalue weighted by Gasteiger charge is 2.24. The Morgan fingerprint density at radius 2 is 2.00 bits per heavy atom. The number of hydrogen-bond acceptors (Lipinski definition) is 3. The topological polar surface area (TPSA) is 75.3 Å². The van der Waals surface area contributed by atoms with Crippen molar-refractivity contribution in [2.75, 3.05) is 19.7 Å². The van der Waals surface area contributed by atoms with E-state index < -0.39 is 0 Å². The third kappa shape index (κ3) is 4.24. The Labute approximate surface area is 79.5 Å². The molecule has 4 heteroatoms. The molecule has 0 aromatic rings. The zero-order chi connectivity index (χ0) is 10.3. The van der Waals surface area contributed by atoms with Crippen molar-refractivity contribution in [1.82, 2.24) is 5.32 Å². The number of nitrogens with two attached hydrogens (primary N) is 1. The molecule has 0 unspecified atom stereocenters. The Bertz CT molecular complexity index is 147. The summed E-state index contributed by atoms with van der Waals surface area (Å²) in [5.41, 5.74) is 4.88. The van der Waals surface area contributed by atoms with Crippen molar-refractivity contribution < 1.29 is 9.90 Å². The van der Waals surface area contributed by atoms with Crippen LogP contribution in [0.2, 0.25) is 0 Å². The van der Waals surface area contributed by atoms with Gasteiger partial charge in [0.05, 0.1) is 6.54 Å². The molecule has 1 amide bonds. The van der Waals surface area contributed by atoms with Crippen LogP contribution in [0.15, 0.2) is 0 Å². The quantitative estimate of drug-likeness (QED) is 0.520. The minimum Gasteiger partial charge on any atom is -0.396 e. The van der Waals surface area contributed by atoms with Gasteiger partial charge in [-0.05, 0) is 12.8 Å². The predicted octanol–water partition coefficient (Wildman–Crippen LogP) is -0.140. The van der Waals surface area contributed by atoms with E-state index in [1.54, 1.807) is 0 Å². The molecule has 0 saturated carbocycles. The lowest BCUT2D eigenvalue weighted by Gasteiger charge is -2.29. The van der Waals surface area contributed by atoms with Crippen LogP contribution in [0.3, 0.4) is 0 Å². The molecule has 0 rings (SSSR count). The summed E-state index contributed by atoms with van der Waals surface area (Å²) in [6.45, 7) is 5.03. The second kappa shape index (κ2) is 5.94. The molecule has 0 aliphatic carbocycles. The normalized spacial score (nSPS) is 11.6. The van der Waals surface area contributed by atoms with Crippen LogP contribution in [-0.2, 0) is 4.79 Å². The highest BCUT2D eigenvalue weighted by atomic mass is 16.3. The average molecular weight is 188 g/mol. The van der Waals surface area contributed by atoms with E-state index in [0.29, 0.717) is 6.54 Å². The van der Waals surface area contributed by atoms with Gasteiger partial charge >= 0.3 is 0 Å². The van der Waals surface area contributed by atoms with Gasteiger partial charge in [0.15, 0.2) is 0 Å². The molecule has 0 atom stereocenters. The molecule has 4 N–H and O–H groups in total. The summed E-state index contributed by atoms with van der Waals surface area (Å²) in [6, 6.07) is 0. The molecular weight excluding hydrogens is 168 g/mol. The molecule has 0 aliphatic rings. The summed E-state index contributed by atoms with van der Waals surface area (Å²) in [7, 11) is 0. The maximum absolute atomic E-state index is 10.4. The molecule has 0 bridgehead atoms. The largest absolute Gasteiger partial charge is 0.396 e. The van der Waals surface area contributed by atoms with E-state index in [4.69, 9.17) is 5.73 Å². The van der Waals surface area contributed by atoms with E-state index >= 15 is 0 Å². The fourth-order valence-electron chi connectivity index (χ4n) is 1.23. The molecular formula is C9H20N2O2. The Hall–Kier alpha value is -0.610. The number of carbonyl (C=O) groups is 1. The number of aliphatic hydroxyl groups excluding tert-OH is 1. The number of carbonyl (C=O) groups excluding carboxylic acids is 1. The van der Waals surface area contributed by atoms with Crippen LogP contribution < -0.4 is 11.1 Å². The maximum Gasteiger partial charge on any atom is 0.231 e. The van der Waals surface area contributed by atoms with Crippen LogP contribution in [-0.4, -0.2) is 30.7 Å². The van der Waals surface area contributed by atoms with Crippen LogP contribution in [0.5, 0.6) is 0 Å². The van der Waals surface area contributed by atoms with Crippen LogP contribution >= 0.6 is 0 Å². The second-order valence-corrected chi connectivity index (χ2v) is 3.44. The molecule has 0 heterocycles. The highest BCUT2D eigenvalue weighted by molar-refractivity contribution is 5.75. The number of aliphatic hydroxyl groups is 1. The van der Waals surface area contributed by atoms with Gasteiger partial charge in [-0.1, -0.05) is 13.8 Å². The smallest absolute Gasteiger partial charge is 0.231 e. The first kappa shape index (κ1) is 12.4. The number of primary amides is 1. The SMILES string of the molecule is CCC(CC)(CO)CNCC(N)=O. The third-order valence-corrected chi connectivity index (χ3v) is 2.63. The van der Waals surface area contributed by atoms with Crippen molar-refractivity contribution in [3.8, 4) is 0 Å². The fourth-order valence-corrected chi connectivity index (χ4v) is 1.23. The average Bonchev–Trinajstić information content (AvgIpc) is 2.13. The molecule has 0 aromatic heterocycles. The van der Waals surface area contributed by atoms with Gasteiger partial charge in [-0.2, -0.15) is 0 Å². The molecule has 4 nitrogen and oxygen atoms in total. The van der Waals surface area contributed by atoms with E-state index in [-0.39, 0.29) is 24.5 Å². The Balaban J connectivity index is 3.88. The summed E-state index contributed by atoms with van der Waals surface area (Å²) in [4.78, 5) is 10.4. The zero-order valence-corrected chi connectivity index (χ0v) is 8.47.